The van der Waals surface area contributed by atoms with Crippen LogP contribution in [0.2, 0.25) is 0 Å². The molecule has 1 atom stereocenters. The predicted octanol–water partition coefficient (Wildman–Crippen LogP) is 3.66. The van der Waals surface area contributed by atoms with Crippen LogP contribution in [0, 0.1) is 6.92 Å². The van der Waals surface area contributed by atoms with E-state index in [2.05, 4.69) is 43.1 Å². The van der Waals surface area contributed by atoms with Crippen molar-refractivity contribution in [3.8, 4) is 0 Å². The van der Waals surface area contributed by atoms with Crippen LogP contribution in [0.4, 0.5) is 0 Å². The molecule has 1 aliphatic heterocycles. The highest BCUT2D eigenvalue weighted by molar-refractivity contribution is 5.77. The zero-order valence-corrected chi connectivity index (χ0v) is 13.2. The van der Waals surface area contributed by atoms with E-state index in [1.807, 2.05) is 17.2 Å². The Morgan fingerprint density at radius 2 is 2.23 bits per heavy atom. The first-order valence-electron chi connectivity index (χ1n) is 7.99. The first-order chi connectivity index (χ1) is 10.7. The second-order valence-electron chi connectivity index (χ2n) is 5.98. The summed E-state index contributed by atoms with van der Waals surface area (Å²) < 4.78 is 0. The van der Waals surface area contributed by atoms with Crippen LogP contribution < -0.4 is 0 Å². The van der Waals surface area contributed by atoms with Crippen LogP contribution >= 0.6 is 0 Å². The molecule has 0 saturated heterocycles. The third kappa shape index (κ3) is 2.76. The van der Waals surface area contributed by atoms with Gasteiger partial charge in [-0.3, -0.25) is 9.78 Å². The number of aromatic nitrogens is 1. The monoisotopic (exact) mass is 294 g/mol. The molecule has 3 heteroatoms. The Kier molecular flexibility index (Phi) is 4.23. The summed E-state index contributed by atoms with van der Waals surface area (Å²) in [6.07, 6.45) is 6.09. The molecule has 1 unspecified atom stereocenters. The van der Waals surface area contributed by atoms with E-state index < -0.39 is 0 Å². The van der Waals surface area contributed by atoms with Crippen LogP contribution in [-0.4, -0.2) is 22.3 Å². The van der Waals surface area contributed by atoms with Crippen molar-refractivity contribution >= 4 is 5.91 Å². The summed E-state index contributed by atoms with van der Waals surface area (Å²) in [5.74, 6) is 0.238. The first kappa shape index (κ1) is 14.8. The minimum atomic E-state index is -0.00269. The van der Waals surface area contributed by atoms with Crippen molar-refractivity contribution in [2.45, 2.75) is 39.2 Å². The Morgan fingerprint density at radius 3 is 2.95 bits per heavy atom. The van der Waals surface area contributed by atoms with Crippen molar-refractivity contribution in [1.82, 2.24) is 9.88 Å². The van der Waals surface area contributed by atoms with Gasteiger partial charge in [-0.05, 0) is 42.5 Å². The molecule has 1 amide bonds. The number of benzene rings is 1. The van der Waals surface area contributed by atoms with Gasteiger partial charge in [0.2, 0.25) is 5.91 Å². The highest BCUT2D eigenvalue weighted by Gasteiger charge is 2.31. The van der Waals surface area contributed by atoms with E-state index in [1.165, 1.54) is 16.7 Å². The largest absolute Gasteiger partial charge is 0.331 e. The van der Waals surface area contributed by atoms with E-state index in [0.717, 1.165) is 24.9 Å². The molecule has 1 aromatic carbocycles. The normalized spacial score (nSPS) is 17.2. The lowest BCUT2D eigenvalue weighted by atomic mass is 9.87. The van der Waals surface area contributed by atoms with Gasteiger partial charge in [-0.1, -0.05) is 36.8 Å². The Bertz CT molecular complexity index is 666. The van der Waals surface area contributed by atoms with Gasteiger partial charge in [-0.25, -0.2) is 0 Å². The topological polar surface area (TPSA) is 33.2 Å². The number of hydrogen-bond acceptors (Lipinski definition) is 2. The maximum atomic E-state index is 12.6. The maximum absolute atomic E-state index is 12.6. The zero-order valence-electron chi connectivity index (χ0n) is 13.2. The second kappa shape index (κ2) is 6.30. The molecule has 0 aliphatic carbocycles. The van der Waals surface area contributed by atoms with Crippen molar-refractivity contribution in [1.29, 1.82) is 0 Å². The second-order valence-corrected chi connectivity index (χ2v) is 5.98. The number of rotatable bonds is 3. The third-order valence-corrected chi connectivity index (χ3v) is 4.31. The Balaban J connectivity index is 2.06. The molecule has 0 spiro atoms. The summed E-state index contributed by atoms with van der Waals surface area (Å²) in [7, 11) is 0. The van der Waals surface area contributed by atoms with Gasteiger partial charge in [-0.15, -0.1) is 0 Å². The lowest BCUT2D eigenvalue weighted by molar-refractivity contribution is -0.133. The van der Waals surface area contributed by atoms with E-state index in [1.54, 1.807) is 6.20 Å². The van der Waals surface area contributed by atoms with Gasteiger partial charge < -0.3 is 4.90 Å². The molecule has 3 rings (SSSR count). The van der Waals surface area contributed by atoms with Gasteiger partial charge in [0.25, 0.3) is 0 Å². The number of amides is 1. The van der Waals surface area contributed by atoms with Crippen molar-refractivity contribution in [2.24, 2.45) is 0 Å². The summed E-state index contributed by atoms with van der Waals surface area (Å²) in [6, 6.07) is 10.6. The minimum absolute atomic E-state index is 0.00269. The Labute approximate surface area is 132 Å². The average Bonchev–Trinajstić information content (AvgIpc) is 2.54. The van der Waals surface area contributed by atoms with Gasteiger partial charge >= 0.3 is 0 Å². The van der Waals surface area contributed by atoms with Gasteiger partial charge in [0.1, 0.15) is 0 Å². The molecule has 22 heavy (non-hydrogen) atoms. The van der Waals surface area contributed by atoms with Crippen LogP contribution in [0.1, 0.15) is 48.1 Å². The highest BCUT2D eigenvalue weighted by atomic mass is 16.2. The molecule has 2 aromatic rings. The number of fused-ring (bicyclic) bond motifs is 1. The maximum Gasteiger partial charge on any atom is 0.223 e. The summed E-state index contributed by atoms with van der Waals surface area (Å²) in [5.41, 5.74) is 4.97. The number of pyridine rings is 1. The molecule has 3 nitrogen and oxygen atoms in total. The van der Waals surface area contributed by atoms with Gasteiger partial charge in [-0.2, -0.15) is 0 Å². The first-order valence-corrected chi connectivity index (χ1v) is 7.99. The third-order valence-electron chi connectivity index (χ3n) is 4.31. The van der Waals surface area contributed by atoms with Crippen molar-refractivity contribution < 1.29 is 4.79 Å². The molecule has 1 aromatic heterocycles. The van der Waals surface area contributed by atoms with E-state index in [-0.39, 0.29) is 11.9 Å². The summed E-state index contributed by atoms with van der Waals surface area (Å²) >= 11 is 0. The molecule has 0 saturated carbocycles. The van der Waals surface area contributed by atoms with Gasteiger partial charge in [0.15, 0.2) is 0 Å². The van der Waals surface area contributed by atoms with E-state index in [0.29, 0.717) is 6.42 Å². The van der Waals surface area contributed by atoms with Gasteiger partial charge in [0.05, 0.1) is 6.04 Å². The highest BCUT2D eigenvalue weighted by Crippen LogP contribution is 2.35. The molecule has 0 N–H and O–H groups in total. The lowest BCUT2D eigenvalue weighted by Gasteiger charge is -2.38. The van der Waals surface area contributed by atoms with Crippen LogP contribution in [0.15, 0.2) is 42.7 Å². The van der Waals surface area contributed by atoms with E-state index in [9.17, 15) is 4.79 Å². The molecule has 114 valence electrons. The van der Waals surface area contributed by atoms with Crippen molar-refractivity contribution in [3.63, 3.8) is 0 Å². The number of nitrogens with zero attached hydrogens (tertiary/aromatic N) is 2. The average molecular weight is 294 g/mol. The van der Waals surface area contributed by atoms with Crippen LogP contribution in [0.5, 0.6) is 0 Å². The molecule has 0 fully saturated rings. The number of aryl methyl sites for hydroxylation is 1. The Morgan fingerprint density at radius 1 is 1.36 bits per heavy atom. The van der Waals surface area contributed by atoms with Crippen LogP contribution in [-0.2, 0) is 11.2 Å². The van der Waals surface area contributed by atoms with Crippen LogP contribution in [0.25, 0.3) is 0 Å². The number of carbonyl (C=O) groups is 1. The van der Waals surface area contributed by atoms with Gasteiger partial charge in [0, 0.05) is 25.4 Å². The quantitative estimate of drug-likeness (QED) is 0.865. The predicted molar refractivity (Wildman–Crippen MR) is 87.6 cm³/mol. The van der Waals surface area contributed by atoms with E-state index >= 15 is 0 Å². The van der Waals surface area contributed by atoms with Crippen molar-refractivity contribution in [2.75, 3.05) is 6.54 Å². The molecule has 1 aliphatic rings. The fraction of sp³-hybridized carbons (Fsp3) is 0.368. The molecular formula is C19H22N2O. The lowest BCUT2D eigenvalue weighted by Crippen LogP contribution is -2.40. The number of hydrogen-bond donors (Lipinski definition) is 0. The SMILES string of the molecule is CCCC(=O)N1CCc2cc(C)ccc2C1c1cccnc1. The molecule has 0 radical (unpaired) electrons. The summed E-state index contributed by atoms with van der Waals surface area (Å²) in [4.78, 5) is 18.8. The summed E-state index contributed by atoms with van der Waals surface area (Å²) in [6.45, 7) is 4.96. The minimum Gasteiger partial charge on any atom is -0.331 e. The fourth-order valence-electron chi connectivity index (χ4n) is 3.28. The molecule has 2 heterocycles. The zero-order chi connectivity index (χ0) is 15.5. The fourth-order valence-corrected chi connectivity index (χ4v) is 3.28. The smallest absolute Gasteiger partial charge is 0.223 e. The van der Waals surface area contributed by atoms with E-state index in [4.69, 9.17) is 0 Å². The Hall–Kier alpha value is -2.16. The standard InChI is InChI=1S/C19H22N2O/c1-3-5-18(22)21-11-9-15-12-14(2)7-8-17(15)19(21)16-6-4-10-20-13-16/h4,6-8,10,12-13,19H,3,5,9,11H2,1-2H3. The van der Waals surface area contributed by atoms with Crippen molar-refractivity contribution in [3.05, 3.63) is 65.0 Å². The molecule has 0 bridgehead atoms. The molecular weight excluding hydrogens is 272 g/mol. The summed E-state index contributed by atoms with van der Waals surface area (Å²) in [5, 5.41) is 0. The number of carbonyl (C=O) groups excluding carboxylic acids is 1. The van der Waals surface area contributed by atoms with Crippen LogP contribution in [0.3, 0.4) is 0 Å².